The van der Waals surface area contributed by atoms with Gasteiger partial charge in [0.25, 0.3) is 5.91 Å². The van der Waals surface area contributed by atoms with Crippen LogP contribution in [0.3, 0.4) is 0 Å². The number of pyridine rings is 1. The molecule has 0 bridgehead atoms. The zero-order valence-electron chi connectivity index (χ0n) is 25.2. The predicted octanol–water partition coefficient (Wildman–Crippen LogP) is 0.948. The van der Waals surface area contributed by atoms with Crippen LogP contribution < -0.4 is 21.7 Å². The molecular formula is C33H38N6O7. The van der Waals surface area contributed by atoms with E-state index in [0.717, 1.165) is 0 Å². The zero-order chi connectivity index (χ0) is 32.9. The first-order chi connectivity index (χ1) is 22.2. The summed E-state index contributed by atoms with van der Waals surface area (Å²) in [5.74, 6) is -2.84. The summed E-state index contributed by atoms with van der Waals surface area (Å²) in [6.45, 7) is 0.339. The van der Waals surface area contributed by atoms with Gasteiger partial charge in [-0.1, -0.05) is 66.7 Å². The van der Waals surface area contributed by atoms with Crippen molar-refractivity contribution in [3.05, 3.63) is 102 Å². The van der Waals surface area contributed by atoms with Gasteiger partial charge in [-0.15, -0.1) is 0 Å². The number of likely N-dealkylation sites (tertiary alicyclic amines) is 1. The summed E-state index contributed by atoms with van der Waals surface area (Å²) in [5, 5.41) is 19.1. The summed E-state index contributed by atoms with van der Waals surface area (Å²) in [5.41, 5.74) is 7.43. The van der Waals surface area contributed by atoms with Crippen LogP contribution in [0.2, 0.25) is 0 Å². The fourth-order valence-corrected chi connectivity index (χ4v) is 5.15. The number of aliphatic hydroxyl groups excluding tert-OH is 1. The molecule has 5 amide bonds. The summed E-state index contributed by atoms with van der Waals surface area (Å²) in [7, 11) is 0. The number of hydrogen-bond acceptors (Lipinski definition) is 8. The number of benzene rings is 2. The molecule has 4 atom stereocenters. The monoisotopic (exact) mass is 630 g/mol. The number of alkyl carbamates (subject to hydrolysis) is 1. The van der Waals surface area contributed by atoms with Crippen LogP contribution in [0.15, 0.2) is 85.1 Å². The third-order valence-electron chi connectivity index (χ3n) is 7.50. The van der Waals surface area contributed by atoms with Crippen molar-refractivity contribution in [2.24, 2.45) is 5.73 Å². The summed E-state index contributed by atoms with van der Waals surface area (Å²) in [6.07, 6.45) is -0.680. The molecule has 46 heavy (non-hydrogen) atoms. The number of primary amides is 1. The van der Waals surface area contributed by atoms with Crippen LogP contribution in [0, 0.1) is 0 Å². The average molecular weight is 631 g/mol. The molecule has 2 aromatic carbocycles. The molecule has 3 aromatic rings. The number of hydrogen-bond donors (Lipinski definition) is 5. The van der Waals surface area contributed by atoms with Crippen molar-refractivity contribution in [1.82, 2.24) is 25.8 Å². The number of carbonyl (C=O) groups is 5. The summed E-state index contributed by atoms with van der Waals surface area (Å²) >= 11 is 0. The molecule has 0 radical (unpaired) electrons. The zero-order valence-corrected chi connectivity index (χ0v) is 25.2. The van der Waals surface area contributed by atoms with Crippen molar-refractivity contribution in [2.75, 3.05) is 6.54 Å². The molecule has 4 rings (SSSR count). The SMILES string of the molecule is NC(=O)C[C@H](NC(=O)OCc1ccccc1)C(=O)N[C@@H](Cc1ccccc1)[C@H](O)C(=O)N1CCC[C@H]1C(=O)NCc1ccccn1. The van der Waals surface area contributed by atoms with Crippen LogP contribution >= 0.6 is 0 Å². The van der Waals surface area contributed by atoms with Gasteiger partial charge in [-0.25, -0.2) is 4.79 Å². The first kappa shape index (κ1) is 33.6. The molecule has 2 heterocycles. The van der Waals surface area contributed by atoms with Gasteiger partial charge >= 0.3 is 6.09 Å². The van der Waals surface area contributed by atoms with Gasteiger partial charge in [0.2, 0.25) is 17.7 Å². The number of aliphatic hydroxyl groups is 1. The van der Waals surface area contributed by atoms with Gasteiger partial charge in [-0.2, -0.15) is 0 Å². The number of carbonyl (C=O) groups excluding carboxylic acids is 5. The second-order valence-electron chi connectivity index (χ2n) is 10.9. The lowest BCUT2D eigenvalue weighted by Gasteiger charge is -2.31. The van der Waals surface area contributed by atoms with E-state index < -0.39 is 54.5 Å². The number of aromatic nitrogens is 1. The van der Waals surface area contributed by atoms with E-state index in [4.69, 9.17) is 10.5 Å². The number of nitrogens with one attached hydrogen (secondary N) is 3. The van der Waals surface area contributed by atoms with E-state index in [0.29, 0.717) is 29.7 Å². The molecule has 1 aliphatic heterocycles. The maximum atomic E-state index is 13.7. The van der Waals surface area contributed by atoms with Crippen molar-refractivity contribution in [1.29, 1.82) is 0 Å². The highest BCUT2D eigenvalue weighted by atomic mass is 16.5. The van der Waals surface area contributed by atoms with Crippen molar-refractivity contribution < 1.29 is 33.8 Å². The minimum atomic E-state index is -1.76. The number of rotatable bonds is 14. The fourth-order valence-electron chi connectivity index (χ4n) is 5.15. The van der Waals surface area contributed by atoms with E-state index in [1.165, 1.54) is 4.90 Å². The molecule has 1 fully saturated rings. The Labute approximate surface area is 266 Å². The quantitative estimate of drug-likeness (QED) is 0.174. The Morgan fingerprint density at radius 3 is 2.26 bits per heavy atom. The molecule has 0 saturated carbocycles. The molecule has 13 nitrogen and oxygen atoms in total. The lowest BCUT2D eigenvalue weighted by atomic mass is 9.99. The third-order valence-corrected chi connectivity index (χ3v) is 7.50. The molecule has 0 unspecified atom stereocenters. The van der Waals surface area contributed by atoms with E-state index in [1.54, 1.807) is 79.0 Å². The first-order valence-electron chi connectivity index (χ1n) is 15.0. The Balaban J connectivity index is 1.45. The largest absolute Gasteiger partial charge is 0.445 e. The van der Waals surface area contributed by atoms with Gasteiger partial charge in [0.05, 0.1) is 24.7 Å². The summed E-state index contributed by atoms with van der Waals surface area (Å²) < 4.78 is 5.19. The van der Waals surface area contributed by atoms with Crippen LogP contribution in [-0.4, -0.2) is 75.5 Å². The Hall–Kier alpha value is -5.30. The predicted molar refractivity (Wildman–Crippen MR) is 166 cm³/mol. The van der Waals surface area contributed by atoms with Gasteiger partial charge in [0.15, 0.2) is 6.10 Å². The fraction of sp³-hybridized carbons (Fsp3) is 0.333. The summed E-state index contributed by atoms with van der Waals surface area (Å²) in [4.78, 5) is 70.0. The smallest absolute Gasteiger partial charge is 0.408 e. The highest BCUT2D eigenvalue weighted by molar-refractivity contribution is 5.93. The molecule has 13 heteroatoms. The number of amides is 5. The number of nitrogens with zero attached hydrogens (tertiary/aromatic N) is 2. The second-order valence-corrected chi connectivity index (χ2v) is 10.9. The van der Waals surface area contributed by atoms with E-state index in [2.05, 4.69) is 20.9 Å². The van der Waals surface area contributed by atoms with Crippen molar-refractivity contribution in [3.63, 3.8) is 0 Å². The molecule has 1 saturated heterocycles. The summed E-state index contributed by atoms with van der Waals surface area (Å²) in [6, 6.07) is 19.6. The maximum absolute atomic E-state index is 13.7. The van der Waals surface area contributed by atoms with Crippen molar-refractivity contribution in [2.45, 2.75) is 63.1 Å². The maximum Gasteiger partial charge on any atom is 0.408 e. The van der Waals surface area contributed by atoms with Gasteiger partial charge in [-0.3, -0.25) is 24.2 Å². The van der Waals surface area contributed by atoms with E-state index in [1.807, 2.05) is 6.07 Å². The molecule has 1 aliphatic rings. The standard InChI is InChI=1S/C33H38N6O7/c34-28(40)19-26(38-33(45)46-21-23-12-5-2-6-13-23)30(42)37-25(18-22-10-3-1-4-11-22)29(41)32(44)39-17-9-15-27(39)31(43)36-20-24-14-7-8-16-35-24/h1-8,10-14,16,25-27,29,41H,9,15,17-21H2,(H2,34,40)(H,36,43)(H,37,42)(H,38,45)/t25-,26-,27-,29-/m0/s1. The normalized spacial score (nSPS) is 16.0. The molecule has 242 valence electrons. The highest BCUT2D eigenvalue weighted by Gasteiger charge is 2.40. The van der Waals surface area contributed by atoms with Crippen LogP contribution in [0.5, 0.6) is 0 Å². The number of ether oxygens (including phenoxy) is 1. The van der Waals surface area contributed by atoms with E-state index >= 15 is 0 Å². The minimum Gasteiger partial charge on any atom is -0.445 e. The Bertz CT molecular complexity index is 1480. The van der Waals surface area contributed by atoms with E-state index in [9.17, 15) is 29.1 Å². The lowest BCUT2D eigenvalue weighted by molar-refractivity contribution is -0.147. The highest BCUT2D eigenvalue weighted by Crippen LogP contribution is 2.20. The Morgan fingerprint density at radius 2 is 1.61 bits per heavy atom. The average Bonchev–Trinajstić information content (AvgIpc) is 3.56. The first-order valence-corrected chi connectivity index (χ1v) is 15.0. The van der Waals surface area contributed by atoms with Gasteiger partial charge in [-0.05, 0) is 42.5 Å². The third kappa shape index (κ3) is 9.86. The van der Waals surface area contributed by atoms with Crippen LogP contribution in [0.4, 0.5) is 4.79 Å². The van der Waals surface area contributed by atoms with Gasteiger partial charge in [0, 0.05) is 12.7 Å². The lowest BCUT2D eigenvalue weighted by Crippen LogP contribution is -2.58. The van der Waals surface area contributed by atoms with Crippen LogP contribution in [0.1, 0.15) is 36.1 Å². The Kier molecular flexibility index (Phi) is 12.2. The second kappa shape index (κ2) is 16.7. The molecule has 1 aromatic heterocycles. The minimum absolute atomic E-state index is 0.0333. The molecule has 0 aliphatic carbocycles. The number of nitrogens with two attached hydrogens (primary N) is 1. The van der Waals surface area contributed by atoms with Crippen LogP contribution in [0.25, 0.3) is 0 Å². The molecule has 6 N–H and O–H groups in total. The van der Waals surface area contributed by atoms with Crippen molar-refractivity contribution >= 4 is 29.7 Å². The van der Waals surface area contributed by atoms with Crippen molar-refractivity contribution in [3.8, 4) is 0 Å². The van der Waals surface area contributed by atoms with Crippen LogP contribution in [-0.2, 0) is 43.5 Å². The van der Waals surface area contributed by atoms with E-state index in [-0.39, 0.29) is 32.0 Å². The van der Waals surface area contributed by atoms with Gasteiger partial charge in [0.1, 0.15) is 18.7 Å². The Morgan fingerprint density at radius 1 is 0.935 bits per heavy atom. The molecule has 0 spiro atoms. The molecular weight excluding hydrogens is 592 g/mol. The van der Waals surface area contributed by atoms with Gasteiger partial charge < -0.3 is 36.4 Å². The topological polar surface area (TPSA) is 193 Å².